The number of nitrogens with zero attached hydrogens (tertiary/aromatic N) is 1. The molecule has 1 aliphatic rings. The summed E-state index contributed by atoms with van der Waals surface area (Å²) in [7, 11) is 0. The maximum Gasteiger partial charge on any atom is 0.335 e. The van der Waals surface area contributed by atoms with E-state index in [2.05, 4.69) is 10.2 Å². The van der Waals surface area contributed by atoms with Crippen molar-refractivity contribution in [3.05, 3.63) is 70.0 Å². The highest BCUT2D eigenvalue weighted by Gasteiger charge is 2.20. The highest BCUT2D eigenvalue weighted by Crippen LogP contribution is 2.21. The largest absolute Gasteiger partial charge is 0.478 e. The minimum absolute atomic E-state index is 0.306. The third-order valence-corrected chi connectivity index (χ3v) is 5.04. The zero-order valence-corrected chi connectivity index (χ0v) is 15.2. The molecule has 0 radical (unpaired) electrons. The van der Waals surface area contributed by atoms with Crippen molar-refractivity contribution in [3.63, 3.8) is 0 Å². The third-order valence-electron chi connectivity index (χ3n) is 4.68. The second-order valence-corrected chi connectivity index (χ2v) is 7.10. The number of rotatable bonds is 6. The number of carboxylic acid groups (broad SMARTS) is 1. The molecule has 3 rings (SSSR count). The van der Waals surface area contributed by atoms with Gasteiger partial charge in [0.1, 0.15) is 5.82 Å². The van der Waals surface area contributed by atoms with E-state index in [1.54, 1.807) is 24.3 Å². The number of hydrogen-bond donors (Lipinski definition) is 2. The van der Waals surface area contributed by atoms with Crippen LogP contribution in [-0.2, 0) is 13.1 Å². The molecule has 4 nitrogen and oxygen atoms in total. The number of hydrogen-bond acceptors (Lipinski definition) is 3. The molecular formula is C20H22ClFN2O2. The quantitative estimate of drug-likeness (QED) is 0.802. The number of benzene rings is 2. The van der Waals surface area contributed by atoms with Gasteiger partial charge in [-0.2, -0.15) is 0 Å². The van der Waals surface area contributed by atoms with Gasteiger partial charge in [0.05, 0.1) is 5.56 Å². The van der Waals surface area contributed by atoms with Gasteiger partial charge >= 0.3 is 5.97 Å². The second kappa shape index (κ2) is 8.62. The lowest BCUT2D eigenvalue weighted by atomic mass is 10.0. The molecule has 0 amide bonds. The van der Waals surface area contributed by atoms with Crippen LogP contribution in [0.25, 0.3) is 0 Å². The van der Waals surface area contributed by atoms with Crippen molar-refractivity contribution in [2.75, 3.05) is 13.1 Å². The Bertz CT molecular complexity index is 784. The molecule has 1 aliphatic heterocycles. The Morgan fingerprint density at radius 3 is 2.92 bits per heavy atom. The van der Waals surface area contributed by atoms with Gasteiger partial charge in [0.15, 0.2) is 0 Å². The number of nitrogens with one attached hydrogen (secondary N) is 1. The predicted molar refractivity (Wildman–Crippen MR) is 100.0 cm³/mol. The van der Waals surface area contributed by atoms with Crippen LogP contribution in [0.1, 0.15) is 34.3 Å². The lowest BCUT2D eigenvalue weighted by Crippen LogP contribution is -2.45. The zero-order chi connectivity index (χ0) is 18.5. The van der Waals surface area contributed by atoms with Crippen molar-refractivity contribution >= 4 is 17.6 Å². The predicted octanol–water partition coefficient (Wildman–Crippen LogP) is 3.93. The van der Waals surface area contributed by atoms with Gasteiger partial charge in [-0.1, -0.05) is 29.8 Å². The molecule has 0 bridgehead atoms. The van der Waals surface area contributed by atoms with E-state index in [9.17, 15) is 9.18 Å². The number of piperidine rings is 1. The Labute approximate surface area is 157 Å². The van der Waals surface area contributed by atoms with E-state index in [1.165, 1.54) is 12.1 Å². The lowest BCUT2D eigenvalue weighted by Gasteiger charge is -2.33. The monoisotopic (exact) mass is 376 g/mol. The standard InChI is InChI=1S/C20H22ClFN2O2/c21-19-10-17(22)7-6-16(19)12-24-8-2-5-18(13-24)23-11-14-3-1-4-15(9-14)20(25)26/h1,3-4,6-7,9-10,18,23H,2,5,8,11-13H2,(H,25,26). The van der Waals surface area contributed by atoms with Gasteiger partial charge in [-0.3, -0.25) is 4.90 Å². The first-order chi connectivity index (χ1) is 12.5. The minimum Gasteiger partial charge on any atom is -0.478 e. The van der Waals surface area contributed by atoms with Crippen LogP contribution in [0.3, 0.4) is 0 Å². The Morgan fingerprint density at radius 1 is 1.31 bits per heavy atom. The molecule has 2 aromatic carbocycles. The SMILES string of the molecule is O=C(O)c1cccc(CNC2CCCN(Cc3ccc(F)cc3Cl)C2)c1. The van der Waals surface area contributed by atoms with Crippen LogP contribution in [0.2, 0.25) is 5.02 Å². The van der Waals surface area contributed by atoms with Crippen LogP contribution in [0.5, 0.6) is 0 Å². The van der Waals surface area contributed by atoms with Crippen LogP contribution in [0.4, 0.5) is 4.39 Å². The van der Waals surface area contributed by atoms with Crippen LogP contribution in [0.15, 0.2) is 42.5 Å². The van der Waals surface area contributed by atoms with E-state index in [4.69, 9.17) is 16.7 Å². The number of halogens is 2. The summed E-state index contributed by atoms with van der Waals surface area (Å²) in [6, 6.07) is 11.9. The normalized spacial score (nSPS) is 18.0. The van der Waals surface area contributed by atoms with Crippen molar-refractivity contribution in [3.8, 4) is 0 Å². The van der Waals surface area contributed by atoms with Gasteiger partial charge in [-0.15, -0.1) is 0 Å². The van der Waals surface area contributed by atoms with E-state index in [0.717, 1.165) is 37.1 Å². The molecule has 0 saturated carbocycles. The molecule has 1 unspecified atom stereocenters. The fourth-order valence-electron chi connectivity index (χ4n) is 3.33. The molecule has 1 heterocycles. The molecule has 1 saturated heterocycles. The number of aromatic carboxylic acids is 1. The Hall–Kier alpha value is -1.95. The summed E-state index contributed by atoms with van der Waals surface area (Å²) in [6.45, 7) is 3.20. The van der Waals surface area contributed by atoms with Crippen molar-refractivity contribution in [1.29, 1.82) is 0 Å². The lowest BCUT2D eigenvalue weighted by molar-refractivity contribution is 0.0696. The summed E-state index contributed by atoms with van der Waals surface area (Å²) in [5, 5.41) is 13.1. The van der Waals surface area contributed by atoms with Crippen molar-refractivity contribution in [2.24, 2.45) is 0 Å². The van der Waals surface area contributed by atoms with E-state index in [-0.39, 0.29) is 5.82 Å². The van der Waals surface area contributed by atoms with Gasteiger partial charge < -0.3 is 10.4 Å². The second-order valence-electron chi connectivity index (χ2n) is 6.70. The fourth-order valence-corrected chi connectivity index (χ4v) is 3.56. The van der Waals surface area contributed by atoms with Gasteiger partial charge in [-0.25, -0.2) is 9.18 Å². The molecule has 0 spiro atoms. The van der Waals surface area contributed by atoms with Gasteiger partial charge in [0.2, 0.25) is 0 Å². The summed E-state index contributed by atoms with van der Waals surface area (Å²) in [6.07, 6.45) is 2.15. The fraction of sp³-hybridized carbons (Fsp3) is 0.350. The smallest absolute Gasteiger partial charge is 0.335 e. The number of carboxylic acids is 1. The molecule has 2 N–H and O–H groups in total. The van der Waals surface area contributed by atoms with E-state index in [0.29, 0.717) is 29.7 Å². The third kappa shape index (κ3) is 5.04. The topological polar surface area (TPSA) is 52.6 Å². The highest BCUT2D eigenvalue weighted by atomic mass is 35.5. The van der Waals surface area contributed by atoms with Crippen molar-refractivity contribution in [2.45, 2.75) is 32.0 Å². The number of likely N-dealkylation sites (tertiary alicyclic amines) is 1. The summed E-state index contributed by atoms with van der Waals surface area (Å²) in [5.74, 6) is -1.23. The molecule has 138 valence electrons. The van der Waals surface area contributed by atoms with Gasteiger partial charge in [0.25, 0.3) is 0 Å². The number of carbonyl (C=O) groups is 1. The first kappa shape index (κ1) is 18.8. The van der Waals surface area contributed by atoms with Crippen molar-refractivity contribution < 1.29 is 14.3 Å². The van der Waals surface area contributed by atoms with E-state index >= 15 is 0 Å². The summed E-state index contributed by atoms with van der Waals surface area (Å²) in [4.78, 5) is 13.4. The average Bonchev–Trinajstić information content (AvgIpc) is 2.63. The first-order valence-corrected chi connectivity index (χ1v) is 9.11. The van der Waals surface area contributed by atoms with Crippen molar-refractivity contribution in [1.82, 2.24) is 10.2 Å². The maximum atomic E-state index is 13.2. The molecular weight excluding hydrogens is 355 g/mol. The minimum atomic E-state index is -0.910. The van der Waals surface area contributed by atoms with Gasteiger partial charge in [0, 0.05) is 30.7 Å². The van der Waals surface area contributed by atoms with Crippen LogP contribution < -0.4 is 5.32 Å². The summed E-state index contributed by atoms with van der Waals surface area (Å²) >= 11 is 6.14. The molecule has 0 aliphatic carbocycles. The summed E-state index contributed by atoms with van der Waals surface area (Å²) in [5.41, 5.74) is 2.20. The van der Waals surface area contributed by atoms with Crippen LogP contribution >= 0.6 is 11.6 Å². The summed E-state index contributed by atoms with van der Waals surface area (Å²) < 4.78 is 13.2. The zero-order valence-electron chi connectivity index (χ0n) is 14.4. The molecule has 6 heteroatoms. The Morgan fingerprint density at radius 2 is 2.15 bits per heavy atom. The Kier molecular flexibility index (Phi) is 6.25. The molecule has 1 atom stereocenters. The van der Waals surface area contributed by atoms with Gasteiger partial charge in [-0.05, 0) is 54.8 Å². The Balaban J connectivity index is 1.55. The molecule has 0 aromatic heterocycles. The maximum absolute atomic E-state index is 13.2. The molecule has 1 fully saturated rings. The average molecular weight is 377 g/mol. The van der Waals surface area contributed by atoms with E-state index in [1.807, 2.05) is 6.07 Å². The highest BCUT2D eigenvalue weighted by molar-refractivity contribution is 6.31. The van der Waals surface area contributed by atoms with Crippen LogP contribution in [0, 0.1) is 5.82 Å². The molecule has 26 heavy (non-hydrogen) atoms. The molecule has 2 aromatic rings. The first-order valence-electron chi connectivity index (χ1n) is 8.73. The van der Waals surface area contributed by atoms with Crippen LogP contribution in [-0.4, -0.2) is 35.1 Å². The van der Waals surface area contributed by atoms with E-state index < -0.39 is 5.97 Å².